The molecule has 4 heteroatoms. The van der Waals surface area contributed by atoms with Crippen LogP contribution in [0.3, 0.4) is 0 Å². The van der Waals surface area contributed by atoms with Gasteiger partial charge in [-0.1, -0.05) is 19.8 Å². The third-order valence-corrected chi connectivity index (χ3v) is 4.56. The van der Waals surface area contributed by atoms with Gasteiger partial charge in [-0.05, 0) is 38.6 Å². The second-order valence-electron chi connectivity index (χ2n) is 5.70. The van der Waals surface area contributed by atoms with Crippen LogP contribution < -0.4 is 5.32 Å². The normalized spacial score (nSPS) is 32.2. The summed E-state index contributed by atoms with van der Waals surface area (Å²) in [6.07, 6.45) is 7.23. The van der Waals surface area contributed by atoms with Crippen molar-refractivity contribution in [2.75, 3.05) is 13.2 Å². The van der Waals surface area contributed by atoms with Crippen molar-refractivity contribution in [3.8, 4) is 0 Å². The summed E-state index contributed by atoms with van der Waals surface area (Å²) in [5, 5.41) is 21.1. The van der Waals surface area contributed by atoms with Gasteiger partial charge in [0.15, 0.2) is 5.90 Å². The lowest BCUT2D eigenvalue weighted by atomic mass is 9.82. The van der Waals surface area contributed by atoms with E-state index < -0.39 is 0 Å². The van der Waals surface area contributed by atoms with Gasteiger partial charge in [-0.2, -0.15) is 0 Å². The molecular weight excluding hydrogens is 228 g/mol. The molecule has 0 bridgehead atoms. The minimum Gasteiger partial charge on any atom is -0.475 e. The number of hydrogen-bond acceptors (Lipinski definition) is 4. The van der Waals surface area contributed by atoms with Crippen molar-refractivity contribution in [1.82, 2.24) is 5.32 Å². The Balaban J connectivity index is 1.94. The standard InChI is InChI=1S/C14H26N2O2/c1-2-3-5-11(10-17)18-13(15)14-7-4-6-12(14)16-9-8-14/h11-12,15-17H,2-10H2,1H3/t11?,12?,14-/m0/s1. The Morgan fingerprint density at radius 1 is 1.56 bits per heavy atom. The van der Waals surface area contributed by atoms with Crippen molar-refractivity contribution in [2.24, 2.45) is 5.41 Å². The lowest BCUT2D eigenvalue weighted by molar-refractivity contribution is 0.0789. The first-order chi connectivity index (χ1) is 8.73. The van der Waals surface area contributed by atoms with Gasteiger partial charge < -0.3 is 15.2 Å². The van der Waals surface area contributed by atoms with Crippen LogP contribution in [0.2, 0.25) is 0 Å². The Hall–Kier alpha value is -0.610. The van der Waals surface area contributed by atoms with Gasteiger partial charge in [0.2, 0.25) is 0 Å². The molecule has 4 nitrogen and oxygen atoms in total. The van der Waals surface area contributed by atoms with Crippen LogP contribution in [0, 0.1) is 10.8 Å². The predicted molar refractivity (Wildman–Crippen MR) is 71.9 cm³/mol. The Bertz CT molecular complexity index is 284. The number of nitrogens with one attached hydrogen (secondary N) is 2. The van der Waals surface area contributed by atoms with Crippen LogP contribution in [-0.4, -0.2) is 36.3 Å². The first-order valence-electron chi connectivity index (χ1n) is 7.33. The van der Waals surface area contributed by atoms with E-state index in [2.05, 4.69) is 12.2 Å². The molecule has 0 radical (unpaired) electrons. The Morgan fingerprint density at radius 3 is 3.11 bits per heavy atom. The maximum atomic E-state index is 9.35. The smallest absolute Gasteiger partial charge is 0.188 e. The lowest BCUT2D eigenvalue weighted by Crippen LogP contribution is -2.41. The predicted octanol–water partition coefficient (Wildman–Crippen LogP) is 2.06. The van der Waals surface area contributed by atoms with E-state index in [1.54, 1.807) is 0 Å². The highest BCUT2D eigenvalue weighted by molar-refractivity contribution is 5.81. The first-order valence-corrected chi connectivity index (χ1v) is 7.33. The summed E-state index contributed by atoms with van der Waals surface area (Å²) in [4.78, 5) is 0. The second-order valence-corrected chi connectivity index (χ2v) is 5.70. The molecule has 0 spiro atoms. The zero-order chi connectivity index (χ0) is 13.0. The average Bonchev–Trinajstić information content (AvgIpc) is 2.93. The van der Waals surface area contributed by atoms with Crippen LogP contribution in [0.1, 0.15) is 51.9 Å². The van der Waals surface area contributed by atoms with Crippen LogP contribution in [0.25, 0.3) is 0 Å². The fourth-order valence-corrected chi connectivity index (χ4v) is 3.43. The van der Waals surface area contributed by atoms with Crippen molar-refractivity contribution >= 4 is 5.90 Å². The molecule has 1 heterocycles. The third kappa shape index (κ3) is 2.54. The molecule has 18 heavy (non-hydrogen) atoms. The highest BCUT2D eigenvalue weighted by Crippen LogP contribution is 2.45. The molecule has 3 N–H and O–H groups in total. The molecule has 0 amide bonds. The van der Waals surface area contributed by atoms with E-state index in [0.29, 0.717) is 11.9 Å². The Morgan fingerprint density at radius 2 is 2.39 bits per heavy atom. The quantitative estimate of drug-likeness (QED) is 0.502. The number of ether oxygens (including phenoxy) is 1. The molecule has 1 aliphatic heterocycles. The van der Waals surface area contributed by atoms with Gasteiger partial charge in [0.1, 0.15) is 6.10 Å². The number of hydrogen-bond donors (Lipinski definition) is 3. The van der Waals surface area contributed by atoms with E-state index in [9.17, 15) is 5.11 Å². The van der Waals surface area contributed by atoms with E-state index in [4.69, 9.17) is 10.1 Å². The number of aliphatic hydroxyl groups excluding tert-OH is 1. The molecule has 3 atom stereocenters. The summed E-state index contributed by atoms with van der Waals surface area (Å²) >= 11 is 0. The molecule has 2 rings (SSSR count). The summed E-state index contributed by atoms with van der Waals surface area (Å²) in [6, 6.07) is 0.426. The summed E-state index contributed by atoms with van der Waals surface area (Å²) < 4.78 is 5.78. The van der Waals surface area contributed by atoms with Crippen molar-refractivity contribution in [3.63, 3.8) is 0 Å². The van der Waals surface area contributed by atoms with Crippen LogP contribution in [0.4, 0.5) is 0 Å². The van der Waals surface area contributed by atoms with Crippen LogP contribution in [0.5, 0.6) is 0 Å². The second kappa shape index (κ2) is 6.02. The van der Waals surface area contributed by atoms with E-state index in [1.165, 1.54) is 6.42 Å². The third-order valence-electron chi connectivity index (χ3n) is 4.56. The fourth-order valence-electron chi connectivity index (χ4n) is 3.43. The van der Waals surface area contributed by atoms with Crippen molar-refractivity contribution in [3.05, 3.63) is 0 Å². The number of fused-ring (bicyclic) bond motifs is 1. The SMILES string of the molecule is CCCCC(CO)OC(=N)[C@]12CCCC1NCC2. The highest BCUT2D eigenvalue weighted by atomic mass is 16.5. The Kier molecular flexibility index (Phi) is 4.62. The van der Waals surface area contributed by atoms with Gasteiger partial charge in [-0.15, -0.1) is 0 Å². The summed E-state index contributed by atoms with van der Waals surface area (Å²) in [5.74, 6) is 0.421. The van der Waals surface area contributed by atoms with Crippen molar-refractivity contribution in [2.45, 2.75) is 64.0 Å². The molecule has 2 fully saturated rings. The zero-order valence-corrected chi connectivity index (χ0v) is 11.4. The molecule has 2 unspecified atom stereocenters. The molecule has 0 aromatic heterocycles. The minimum absolute atomic E-state index is 0.0244. The summed E-state index contributed by atoms with van der Waals surface area (Å²) in [6.45, 7) is 3.15. The summed E-state index contributed by atoms with van der Waals surface area (Å²) in [7, 11) is 0. The minimum atomic E-state index is -0.186. The summed E-state index contributed by atoms with van der Waals surface area (Å²) in [5.41, 5.74) is -0.0698. The molecule has 0 aromatic carbocycles. The molecule has 1 aliphatic carbocycles. The van der Waals surface area contributed by atoms with Gasteiger partial charge in [0, 0.05) is 6.04 Å². The lowest BCUT2D eigenvalue weighted by Gasteiger charge is -2.31. The molecule has 0 aromatic rings. The number of unbranched alkanes of at least 4 members (excludes halogenated alkanes) is 1. The van der Waals surface area contributed by atoms with Crippen molar-refractivity contribution < 1.29 is 9.84 Å². The van der Waals surface area contributed by atoms with Gasteiger partial charge in [-0.3, -0.25) is 5.41 Å². The number of aliphatic hydroxyl groups is 1. The average molecular weight is 254 g/mol. The van der Waals surface area contributed by atoms with Gasteiger partial charge in [-0.25, -0.2) is 0 Å². The molecule has 1 saturated carbocycles. The van der Waals surface area contributed by atoms with Crippen LogP contribution in [-0.2, 0) is 4.74 Å². The monoisotopic (exact) mass is 254 g/mol. The molecule has 2 aliphatic rings. The number of rotatable bonds is 6. The van der Waals surface area contributed by atoms with E-state index in [-0.39, 0.29) is 18.1 Å². The zero-order valence-electron chi connectivity index (χ0n) is 11.4. The maximum Gasteiger partial charge on any atom is 0.188 e. The maximum absolute atomic E-state index is 9.35. The van der Waals surface area contributed by atoms with E-state index in [1.807, 2.05) is 0 Å². The van der Waals surface area contributed by atoms with E-state index >= 15 is 0 Å². The largest absolute Gasteiger partial charge is 0.475 e. The molecular formula is C14H26N2O2. The van der Waals surface area contributed by atoms with Gasteiger partial charge >= 0.3 is 0 Å². The highest BCUT2D eigenvalue weighted by Gasteiger charge is 2.50. The first kappa shape index (κ1) is 13.8. The van der Waals surface area contributed by atoms with Gasteiger partial charge in [0.25, 0.3) is 0 Å². The molecule has 104 valence electrons. The van der Waals surface area contributed by atoms with Gasteiger partial charge in [0.05, 0.1) is 12.0 Å². The van der Waals surface area contributed by atoms with E-state index in [0.717, 1.165) is 45.1 Å². The topological polar surface area (TPSA) is 65.3 Å². The molecule has 1 saturated heterocycles. The van der Waals surface area contributed by atoms with Crippen molar-refractivity contribution in [1.29, 1.82) is 5.41 Å². The Labute approximate surface area is 110 Å². The fraction of sp³-hybridized carbons (Fsp3) is 0.929. The van der Waals surface area contributed by atoms with Crippen LogP contribution in [0.15, 0.2) is 0 Å². The van der Waals surface area contributed by atoms with Crippen LogP contribution >= 0.6 is 0 Å².